The second-order valence-corrected chi connectivity index (χ2v) is 3.26. The van der Waals surface area contributed by atoms with Crippen molar-refractivity contribution in [2.24, 2.45) is 5.73 Å². The van der Waals surface area contributed by atoms with E-state index in [-0.39, 0.29) is 0 Å². The van der Waals surface area contributed by atoms with Crippen LogP contribution in [0, 0.1) is 0 Å². The Hall–Kier alpha value is -0.501. The van der Waals surface area contributed by atoms with E-state index in [4.69, 9.17) is 10.8 Å². The van der Waals surface area contributed by atoms with E-state index in [1.807, 2.05) is 12.1 Å². The molecule has 0 heterocycles. The van der Waals surface area contributed by atoms with Gasteiger partial charge in [-0.3, -0.25) is 0 Å². The first kappa shape index (κ1) is 8.59. The summed E-state index contributed by atoms with van der Waals surface area (Å²) in [4.78, 5) is 0. The van der Waals surface area contributed by atoms with Crippen molar-refractivity contribution in [1.29, 1.82) is 0 Å². The summed E-state index contributed by atoms with van der Waals surface area (Å²) in [5, 5.41) is 9.15. The summed E-state index contributed by atoms with van der Waals surface area (Å²) < 4.78 is 0.788. The Kier molecular flexibility index (Phi) is 2.94. The molecule has 1 aromatic rings. The monoisotopic (exact) mass is 216 g/mol. The molecule has 0 aromatic heterocycles. The van der Waals surface area contributed by atoms with Crippen LogP contribution in [-0.4, -0.2) is 27.7 Å². The van der Waals surface area contributed by atoms with E-state index in [9.17, 15) is 0 Å². The molecule has 0 atom stereocenters. The van der Waals surface area contributed by atoms with E-state index < -0.39 is 0 Å². The third-order valence-corrected chi connectivity index (χ3v) is 2.14. The molecule has 2 nitrogen and oxygen atoms in total. The second kappa shape index (κ2) is 3.77. The molecule has 1 rings (SSSR count). The van der Waals surface area contributed by atoms with Gasteiger partial charge in [0.2, 0.25) is 0 Å². The van der Waals surface area contributed by atoms with Gasteiger partial charge in [-0.05, 0) is 0 Å². The maximum atomic E-state index is 9.15. The zero-order valence-corrected chi connectivity index (χ0v) is 7.79. The van der Waals surface area contributed by atoms with Crippen LogP contribution >= 0.6 is 0 Å². The van der Waals surface area contributed by atoms with Gasteiger partial charge < -0.3 is 0 Å². The van der Waals surface area contributed by atoms with Crippen LogP contribution in [0.15, 0.2) is 18.2 Å². The number of phenolic OH excluding ortho intramolecular Hbond substituents is 1. The van der Waals surface area contributed by atoms with Gasteiger partial charge in [0, 0.05) is 0 Å². The van der Waals surface area contributed by atoms with E-state index in [0.29, 0.717) is 12.3 Å². The summed E-state index contributed by atoms with van der Waals surface area (Å²) in [6.07, 6.45) is 0.856. The molecule has 0 fully saturated rings. The van der Waals surface area contributed by atoms with E-state index in [0.717, 1.165) is 16.4 Å². The first-order chi connectivity index (χ1) is 5.24. The molecule has 3 N–H and O–H groups in total. The zero-order valence-electron chi connectivity index (χ0n) is 6.08. The number of aromatic hydroxyl groups is 1. The number of rotatable bonds is 2. The molecule has 0 bridgehead atoms. The number of nitrogens with two attached hydrogens (primary N) is 1. The molecule has 1 aromatic carbocycles. The molecule has 0 aliphatic rings. The van der Waals surface area contributed by atoms with Crippen LogP contribution in [0.4, 0.5) is 0 Å². The Morgan fingerprint density at radius 3 is 2.73 bits per heavy atom. The SMILES string of the molecule is NCCc1ccc(O)c([Se])c1. The molecule has 0 saturated heterocycles. The summed E-state index contributed by atoms with van der Waals surface area (Å²) in [5.74, 6) is 0.297. The fourth-order valence-corrected chi connectivity index (χ4v) is 1.34. The Bertz CT molecular complexity index is 250. The van der Waals surface area contributed by atoms with Crippen LogP contribution in [0.1, 0.15) is 5.56 Å². The van der Waals surface area contributed by atoms with Crippen LogP contribution in [0.25, 0.3) is 0 Å². The molecule has 1 radical (unpaired) electrons. The number of hydrogen-bond acceptors (Lipinski definition) is 2. The number of benzene rings is 1. The third kappa shape index (κ3) is 2.22. The van der Waals surface area contributed by atoms with E-state index in [1.165, 1.54) is 0 Å². The van der Waals surface area contributed by atoms with Crippen LogP contribution < -0.4 is 10.2 Å². The van der Waals surface area contributed by atoms with Gasteiger partial charge in [0.25, 0.3) is 0 Å². The molecular weight excluding hydrogens is 205 g/mol. The van der Waals surface area contributed by atoms with Crippen LogP contribution in [-0.2, 0) is 6.42 Å². The minimum absolute atomic E-state index is 0.297. The van der Waals surface area contributed by atoms with Gasteiger partial charge in [-0.1, -0.05) is 0 Å². The van der Waals surface area contributed by atoms with Crippen molar-refractivity contribution in [3.8, 4) is 5.75 Å². The molecule has 0 spiro atoms. The Morgan fingerprint density at radius 2 is 2.18 bits per heavy atom. The van der Waals surface area contributed by atoms with E-state index in [2.05, 4.69) is 16.0 Å². The first-order valence-electron chi connectivity index (χ1n) is 3.43. The van der Waals surface area contributed by atoms with Crippen molar-refractivity contribution in [1.82, 2.24) is 0 Å². The van der Waals surface area contributed by atoms with E-state index >= 15 is 0 Å². The van der Waals surface area contributed by atoms with Crippen molar-refractivity contribution in [2.75, 3.05) is 6.54 Å². The Labute approximate surface area is 74.2 Å². The summed E-state index contributed by atoms with van der Waals surface area (Å²) in [7, 11) is 0. The molecule has 3 heteroatoms. The molecule has 59 valence electrons. The molecule has 0 amide bonds. The topological polar surface area (TPSA) is 46.2 Å². The van der Waals surface area contributed by atoms with E-state index in [1.54, 1.807) is 6.07 Å². The summed E-state index contributed by atoms with van der Waals surface area (Å²) >= 11 is 2.78. The van der Waals surface area contributed by atoms with Crippen molar-refractivity contribution in [2.45, 2.75) is 6.42 Å². The van der Waals surface area contributed by atoms with Crippen molar-refractivity contribution in [3.63, 3.8) is 0 Å². The first-order valence-corrected chi connectivity index (χ1v) is 4.28. The fourth-order valence-electron chi connectivity index (χ4n) is 0.881. The summed E-state index contributed by atoms with van der Waals surface area (Å²) in [6, 6.07) is 5.46. The molecule has 0 aliphatic heterocycles. The zero-order chi connectivity index (χ0) is 8.27. The van der Waals surface area contributed by atoms with Crippen LogP contribution in [0.5, 0.6) is 5.75 Å². The summed E-state index contributed by atoms with van der Waals surface area (Å²) in [6.45, 7) is 0.643. The third-order valence-electron chi connectivity index (χ3n) is 1.46. The fraction of sp³-hybridized carbons (Fsp3) is 0.250. The van der Waals surface area contributed by atoms with Gasteiger partial charge in [-0.25, -0.2) is 0 Å². The predicted molar refractivity (Wildman–Crippen MR) is 46.3 cm³/mol. The summed E-state index contributed by atoms with van der Waals surface area (Å²) in [5.41, 5.74) is 6.53. The van der Waals surface area contributed by atoms with Gasteiger partial charge in [0.15, 0.2) is 0 Å². The standard InChI is InChI=1S/C8H10NOSe/c9-4-3-6-1-2-7(10)8(11)5-6/h1-2,5,10H,3-4,9H2. The normalized spacial score (nSPS) is 9.91. The Balaban J connectivity index is 2.86. The number of hydrogen-bond donors (Lipinski definition) is 2. The van der Waals surface area contributed by atoms with Crippen molar-refractivity contribution < 1.29 is 5.11 Å². The van der Waals surface area contributed by atoms with Gasteiger partial charge in [0.1, 0.15) is 0 Å². The van der Waals surface area contributed by atoms with Crippen LogP contribution in [0.3, 0.4) is 0 Å². The van der Waals surface area contributed by atoms with Crippen molar-refractivity contribution >= 4 is 20.5 Å². The average Bonchev–Trinajstić information content (AvgIpc) is 1.98. The predicted octanol–water partition coefficient (Wildman–Crippen LogP) is -0.313. The quantitative estimate of drug-likeness (QED) is 0.664. The van der Waals surface area contributed by atoms with Crippen molar-refractivity contribution in [3.05, 3.63) is 23.8 Å². The number of phenols is 1. The minimum atomic E-state index is 0.297. The molecule has 0 aliphatic carbocycles. The molecule has 0 unspecified atom stereocenters. The Morgan fingerprint density at radius 1 is 1.45 bits per heavy atom. The van der Waals surface area contributed by atoms with Gasteiger partial charge in [0.05, 0.1) is 0 Å². The second-order valence-electron chi connectivity index (χ2n) is 2.34. The molecular formula is C8H10NOSe. The molecule has 11 heavy (non-hydrogen) atoms. The average molecular weight is 215 g/mol. The van der Waals surface area contributed by atoms with Gasteiger partial charge in [-0.2, -0.15) is 0 Å². The molecule has 0 saturated carbocycles. The van der Waals surface area contributed by atoms with Crippen LogP contribution in [0.2, 0.25) is 0 Å². The van der Waals surface area contributed by atoms with Gasteiger partial charge in [-0.15, -0.1) is 0 Å². The van der Waals surface area contributed by atoms with Gasteiger partial charge >= 0.3 is 73.8 Å². The maximum absolute atomic E-state index is 9.15.